The van der Waals surface area contributed by atoms with Crippen LogP contribution in [0.1, 0.15) is 42.6 Å². The summed E-state index contributed by atoms with van der Waals surface area (Å²) in [5, 5.41) is 0. The van der Waals surface area contributed by atoms with Gasteiger partial charge in [-0.2, -0.15) is 8.78 Å². The molecular formula is C17H16F3NO. The molecule has 1 aliphatic heterocycles. The summed E-state index contributed by atoms with van der Waals surface area (Å²) in [4.78, 5) is 15.2. The van der Waals surface area contributed by atoms with Gasteiger partial charge in [-0.25, -0.2) is 9.38 Å². The first-order valence-corrected chi connectivity index (χ1v) is 6.92. The van der Waals surface area contributed by atoms with E-state index in [2.05, 4.69) is 11.6 Å². The Hall–Kier alpha value is -2.17. The predicted octanol–water partition coefficient (Wildman–Crippen LogP) is 4.71. The van der Waals surface area contributed by atoms with Crippen LogP contribution in [0.3, 0.4) is 0 Å². The summed E-state index contributed by atoms with van der Waals surface area (Å²) in [6.07, 6.45) is 1.13. The third-order valence-electron chi connectivity index (χ3n) is 3.56. The first-order valence-electron chi connectivity index (χ1n) is 6.92. The molecule has 0 spiro atoms. The van der Waals surface area contributed by atoms with Crippen molar-refractivity contribution in [3.05, 3.63) is 59.1 Å². The number of hydrogen-bond donors (Lipinski definition) is 0. The minimum absolute atomic E-state index is 0.0764. The van der Waals surface area contributed by atoms with E-state index in [9.17, 15) is 18.0 Å². The van der Waals surface area contributed by atoms with E-state index < -0.39 is 11.7 Å². The van der Waals surface area contributed by atoms with Gasteiger partial charge in [0.2, 0.25) is 0 Å². The average molecular weight is 307 g/mol. The van der Waals surface area contributed by atoms with Crippen molar-refractivity contribution < 1.29 is 18.0 Å². The molecule has 0 unspecified atom stereocenters. The molecule has 0 bridgehead atoms. The zero-order chi connectivity index (χ0) is 16.5. The fourth-order valence-electron chi connectivity index (χ4n) is 2.15. The van der Waals surface area contributed by atoms with Crippen LogP contribution in [0, 0.1) is 5.82 Å². The third kappa shape index (κ3) is 3.03. The molecule has 1 aliphatic rings. The molecule has 1 aromatic rings. The summed E-state index contributed by atoms with van der Waals surface area (Å²) in [7, 11) is 0. The molecule has 22 heavy (non-hydrogen) atoms. The molecule has 0 atom stereocenters. The standard InChI is InChI=1S/C17H16F3NO/c1-4-17(19,20)15-8-5-10(2)16(21-15)13-7-6-12(11(3)22)9-14(13)18/h6-9H,2,4-5H2,1,3H3. The van der Waals surface area contributed by atoms with E-state index >= 15 is 0 Å². The van der Waals surface area contributed by atoms with Crippen LogP contribution < -0.4 is 0 Å². The van der Waals surface area contributed by atoms with Crippen molar-refractivity contribution in [2.24, 2.45) is 4.99 Å². The van der Waals surface area contributed by atoms with Crippen molar-refractivity contribution in [1.29, 1.82) is 0 Å². The third-order valence-corrected chi connectivity index (χ3v) is 3.56. The van der Waals surface area contributed by atoms with E-state index in [0.29, 0.717) is 5.57 Å². The molecule has 2 nitrogen and oxygen atoms in total. The largest absolute Gasteiger partial charge is 0.295 e. The SMILES string of the molecule is C=C1CC=C(C(F)(F)CC)N=C1c1ccc(C(C)=O)cc1F. The lowest BCUT2D eigenvalue weighted by Gasteiger charge is -2.21. The first kappa shape index (κ1) is 16.2. The lowest BCUT2D eigenvalue weighted by molar-refractivity contribution is 0.0359. The van der Waals surface area contributed by atoms with Gasteiger partial charge in [-0.15, -0.1) is 0 Å². The minimum atomic E-state index is -3.05. The Balaban J connectivity index is 2.48. The number of carbonyl (C=O) groups excluding carboxylic acids is 1. The Kier molecular flexibility index (Phi) is 4.35. The Morgan fingerprint density at radius 1 is 1.41 bits per heavy atom. The van der Waals surface area contributed by atoms with Gasteiger partial charge in [-0.1, -0.05) is 25.6 Å². The highest BCUT2D eigenvalue weighted by atomic mass is 19.3. The summed E-state index contributed by atoms with van der Waals surface area (Å²) in [6.45, 7) is 6.45. The highest BCUT2D eigenvalue weighted by Crippen LogP contribution is 2.33. The average Bonchev–Trinajstić information content (AvgIpc) is 2.47. The van der Waals surface area contributed by atoms with E-state index in [1.54, 1.807) is 0 Å². The Bertz CT molecular complexity index is 702. The molecule has 0 aliphatic carbocycles. The van der Waals surface area contributed by atoms with Gasteiger partial charge in [-0.3, -0.25) is 4.79 Å². The van der Waals surface area contributed by atoms with Crippen LogP contribution >= 0.6 is 0 Å². The molecule has 0 radical (unpaired) electrons. The van der Waals surface area contributed by atoms with Gasteiger partial charge >= 0.3 is 0 Å². The summed E-state index contributed by atoms with van der Waals surface area (Å²) in [5.74, 6) is -4.00. The molecule has 2 rings (SSSR count). The topological polar surface area (TPSA) is 29.4 Å². The highest BCUT2D eigenvalue weighted by Gasteiger charge is 2.34. The van der Waals surface area contributed by atoms with E-state index in [0.717, 1.165) is 6.07 Å². The smallest absolute Gasteiger partial charge is 0.289 e. The van der Waals surface area contributed by atoms with E-state index in [-0.39, 0.29) is 41.2 Å². The number of alkyl halides is 2. The van der Waals surface area contributed by atoms with Crippen LogP contribution in [-0.2, 0) is 0 Å². The van der Waals surface area contributed by atoms with Gasteiger partial charge in [0.1, 0.15) is 11.5 Å². The number of nitrogens with zero attached hydrogens (tertiary/aromatic N) is 1. The summed E-state index contributed by atoms with van der Waals surface area (Å²) in [5.41, 5.74) is 0.501. The van der Waals surface area contributed by atoms with Crippen molar-refractivity contribution in [1.82, 2.24) is 0 Å². The van der Waals surface area contributed by atoms with Gasteiger partial charge in [0.05, 0.1) is 5.71 Å². The van der Waals surface area contributed by atoms with Gasteiger partial charge in [0, 0.05) is 17.5 Å². The molecule has 0 fully saturated rings. The molecule has 116 valence electrons. The van der Waals surface area contributed by atoms with Crippen LogP contribution in [0.2, 0.25) is 0 Å². The number of rotatable bonds is 4. The van der Waals surface area contributed by atoms with Crippen molar-refractivity contribution in [2.75, 3.05) is 0 Å². The van der Waals surface area contributed by atoms with Gasteiger partial charge in [0.25, 0.3) is 5.92 Å². The summed E-state index contributed by atoms with van der Waals surface area (Å²) < 4.78 is 41.8. The van der Waals surface area contributed by atoms with Crippen molar-refractivity contribution in [3.8, 4) is 0 Å². The fraction of sp³-hybridized carbons (Fsp3) is 0.294. The van der Waals surface area contributed by atoms with Crippen molar-refractivity contribution in [3.63, 3.8) is 0 Å². The Morgan fingerprint density at radius 3 is 2.64 bits per heavy atom. The Labute approximate surface area is 127 Å². The number of carbonyl (C=O) groups is 1. The molecule has 0 aromatic heterocycles. The number of hydrogen-bond acceptors (Lipinski definition) is 2. The second-order valence-corrected chi connectivity index (χ2v) is 5.17. The molecule has 0 amide bonds. The lowest BCUT2D eigenvalue weighted by atomic mass is 9.95. The van der Waals surface area contributed by atoms with Crippen molar-refractivity contribution >= 4 is 11.5 Å². The maximum atomic E-state index is 14.2. The van der Waals surface area contributed by atoms with Gasteiger partial charge in [-0.05, 0) is 31.1 Å². The molecule has 0 saturated heterocycles. The number of Topliss-reactive ketones (excluding diaryl/α,β-unsaturated/α-hetero) is 1. The van der Waals surface area contributed by atoms with E-state index in [4.69, 9.17) is 0 Å². The summed E-state index contributed by atoms with van der Waals surface area (Å²) >= 11 is 0. The maximum Gasteiger partial charge on any atom is 0.289 e. The zero-order valence-electron chi connectivity index (χ0n) is 12.4. The molecule has 1 aromatic carbocycles. The van der Waals surface area contributed by atoms with Crippen LogP contribution in [0.5, 0.6) is 0 Å². The quantitative estimate of drug-likeness (QED) is 0.741. The number of benzene rings is 1. The minimum Gasteiger partial charge on any atom is -0.295 e. The number of aliphatic imine (C=N–C) groups is 1. The highest BCUT2D eigenvalue weighted by molar-refractivity contribution is 6.14. The normalized spacial score (nSPS) is 15.4. The first-order chi connectivity index (χ1) is 10.3. The van der Waals surface area contributed by atoms with Crippen LogP contribution in [0.4, 0.5) is 13.2 Å². The number of halogens is 3. The molecule has 5 heteroatoms. The van der Waals surface area contributed by atoms with E-state index in [1.807, 2.05) is 0 Å². The second-order valence-electron chi connectivity index (χ2n) is 5.17. The molecule has 0 saturated carbocycles. The predicted molar refractivity (Wildman–Crippen MR) is 80.0 cm³/mol. The number of ketones is 1. The summed E-state index contributed by atoms with van der Waals surface area (Å²) in [6, 6.07) is 3.92. The fourth-order valence-corrected chi connectivity index (χ4v) is 2.15. The Morgan fingerprint density at radius 2 is 2.09 bits per heavy atom. The second kappa shape index (κ2) is 5.91. The van der Waals surface area contributed by atoms with Gasteiger partial charge in [0.15, 0.2) is 5.78 Å². The van der Waals surface area contributed by atoms with Gasteiger partial charge < -0.3 is 0 Å². The van der Waals surface area contributed by atoms with Crippen LogP contribution in [-0.4, -0.2) is 17.4 Å². The molecule has 1 heterocycles. The van der Waals surface area contributed by atoms with Crippen LogP contribution in [0.25, 0.3) is 0 Å². The van der Waals surface area contributed by atoms with Crippen LogP contribution in [0.15, 0.2) is 47.1 Å². The lowest BCUT2D eigenvalue weighted by Crippen LogP contribution is -2.21. The van der Waals surface area contributed by atoms with E-state index in [1.165, 1.54) is 32.1 Å². The monoisotopic (exact) mass is 307 g/mol. The maximum absolute atomic E-state index is 14.2. The molecular weight excluding hydrogens is 291 g/mol. The van der Waals surface area contributed by atoms with Crippen molar-refractivity contribution in [2.45, 2.75) is 32.6 Å². The zero-order valence-corrected chi connectivity index (χ0v) is 12.4. The number of allylic oxidation sites excluding steroid dienone is 3. The molecule has 0 N–H and O–H groups in total.